The third-order valence-corrected chi connectivity index (χ3v) is 18.8. The summed E-state index contributed by atoms with van der Waals surface area (Å²) in [4.78, 5) is 92.2. The van der Waals surface area contributed by atoms with Gasteiger partial charge in [0.05, 0.1) is 73.3 Å². The minimum absolute atomic E-state index is 0.143. The quantitative estimate of drug-likeness (QED) is 0.00702. The number of methoxy groups -OCH3 is 2. The Morgan fingerprint density at radius 2 is 0.912 bits per heavy atom. The molecule has 0 saturated heterocycles. The van der Waals surface area contributed by atoms with Crippen molar-refractivity contribution in [3.63, 3.8) is 0 Å². The molecule has 0 radical (unpaired) electrons. The molecule has 0 amide bonds. The SMILES string of the molecule is CCCCCCOc1cc(C2=CC=CC2)c(OCCCCCC(=O)OC)cc1-c1cccn1C(=O)OC(C)(C)C.CCCCCCOc1cc(I)c(OCCCCCC(=O)OC)cc1I.O=C=O.O=C=O.O=COCCCCCOc1cc(C2=CC=CC2)c(OCCCCCC(=O)O)cc1-c1ccc[nH]1.OB(O)C1=CC=CC1. The monoisotopic (exact) mass is 1790 g/mol. The molecule has 3 aliphatic rings. The summed E-state index contributed by atoms with van der Waals surface area (Å²) in [6, 6.07) is 19.9. The van der Waals surface area contributed by atoms with Crippen LogP contribution in [0.2, 0.25) is 0 Å². The van der Waals surface area contributed by atoms with Crippen LogP contribution >= 0.6 is 45.2 Å². The van der Waals surface area contributed by atoms with E-state index >= 15 is 0 Å². The molecule has 2 heterocycles. The number of hydrogen-bond donors (Lipinski definition) is 4. The lowest BCUT2D eigenvalue weighted by atomic mass is 9.79. The largest absolute Gasteiger partial charge is 0.493 e. The number of carboxylic acid groups (broad SMARTS) is 1. The highest BCUT2D eigenvalue weighted by molar-refractivity contribution is 14.1. The average Bonchev–Trinajstić information content (AvgIpc) is 1.73. The molecule has 0 saturated carbocycles. The van der Waals surface area contributed by atoms with Gasteiger partial charge in [-0.05, 0) is 252 Å². The lowest BCUT2D eigenvalue weighted by Crippen LogP contribution is -2.27. The molecule has 0 fully saturated rings. The Hall–Kier alpha value is -8.99. The third-order valence-electron chi connectivity index (χ3n) is 17.1. The van der Waals surface area contributed by atoms with Gasteiger partial charge in [-0.25, -0.2) is 4.79 Å². The summed E-state index contributed by atoms with van der Waals surface area (Å²) in [5, 5.41) is 25.8. The Balaban J connectivity index is 0.000000410. The van der Waals surface area contributed by atoms with E-state index in [1.54, 1.807) is 12.3 Å². The molecular formula is C86H113BI2N2O22. The van der Waals surface area contributed by atoms with Crippen molar-refractivity contribution in [2.24, 2.45) is 0 Å². The zero-order valence-corrected chi connectivity index (χ0v) is 70.7. The van der Waals surface area contributed by atoms with Crippen LogP contribution in [0.1, 0.15) is 213 Å². The first-order valence-corrected chi connectivity index (χ1v) is 40.8. The predicted molar refractivity (Wildman–Crippen MR) is 449 cm³/mol. The number of esters is 2. The lowest BCUT2D eigenvalue weighted by molar-refractivity contribution is -0.193. The first-order chi connectivity index (χ1) is 54.6. The number of aromatic amines is 1. The number of nitrogens with one attached hydrogen (secondary N) is 1. The van der Waals surface area contributed by atoms with Crippen LogP contribution in [0.25, 0.3) is 33.7 Å². The predicted octanol–water partition coefficient (Wildman–Crippen LogP) is 18.8. The molecule has 2 aromatic heterocycles. The number of hydrogen-bond acceptors (Lipinski definition) is 21. The second-order valence-corrected chi connectivity index (χ2v) is 29.3. The van der Waals surface area contributed by atoms with Gasteiger partial charge in [-0.15, -0.1) is 0 Å². The number of halogens is 2. The van der Waals surface area contributed by atoms with Gasteiger partial charge in [0.1, 0.15) is 40.1 Å². The summed E-state index contributed by atoms with van der Waals surface area (Å²) in [5.74, 6) is 3.80. The van der Waals surface area contributed by atoms with Gasteiger partial charge in [0.25, 0.3) is 6.47 Å². The summed E-state index contributed by atoms with van der Waals surface area (Å²) in [6.45, 7) is 14.5. The smallest absolute Gasteiger partial charge is 0.484 e. The van der Waals surface area contributed by atoms with Crippen LogP contribution in [-0.4, -0.2) is 141 Å². The van der Waals surface area contributed by atoms with Crippen molar-refractivity contribution in [3.05, 3.63) is 151 Å². The topological polar surface area (TPSA) is 327 Å². The molecule has 0 unspecified atom stereocenters. The van der Waals surface area contributed by atoms with Crippen molar-refractivity contribution in [3.8, 4) is 57.0 Å². The number of ether oxygens (including phenoxy) is 10. The van der Waals surface area contributed by atoms with Crippen molar-refractivity contribution >= 4 is 106 Å². The van der Waals surface area contributed by atoms with Crippen LogP contribution in [0.4, 0.5) is 4.79 Å². The first-order valence-electron chi connectivity index (χ1n) is 38.6. The molecule has 27 heteroatoms. The van der Waals surface area contributed by atoms with E-state index in [1.165, 1.54) is 50.0 Å². The molecule has 0 spiro atoms. The highest BCUT2D eigenvalue weighted by atomic mass is 127. The maximum absolute atomic E-state index is 13.1. The van der Waals surface area contributed by atoms with Crippen LogP contribution < -0.4 is 28.4 Å². The van der Waals surface area contributed by atoms with E-state index in [-0.39, 0.29) is 30.7 Å². The molecule has 0 aliphatic heterocycles. The molecule has 616 valence electrons. The number of unbranched alkanes of at least 4 members (excludes halogenated alkanes) is 14. The Morgan fingerprint density at radius 3 is 1.29 bits per heavy atom. The second-order valence-electron chi connectivity index (χ2n) is 27.0. The normalized spacial score (nSPS) is 11.9. The fraction of sp³-hybridized carbons (Fsp3) is 0.477. The van der Waals surface area contributed by atoms with Gasteiger partial charge in [0.2, 0.25) is 0 Å². The van der Waals surface area contributed by atoms with E-state index in [1.807, 2.05) is 93.7 Å². The Kier molecular flexibility index (Phi) is 51.9. The Bertz CT molecular complexity index is 3880. The van der Waals surface area contributed by atoms with Crippen molar-refractivity contribution in [2.75, 3.05) is 60.5 Å². The van der Waals surface area contributed by atoms with Gasteiger partial charge >= 0.3 is 43.4 Å². The first kappa shape index (κ1) is 98.2. The van der Waals surface area contributed by atoms with Gasteiger partial charge < -0.3 is 67.5 Å². The number of carbonyl (C=O) groups is 5. The van der Waals surface area contributed by atoms with Crippen molar-refractivity contribution in [1.29, 1.82) is 0 Å². The number of rotatable bonds is 46. The molecule has 113 heavy (non-hydrogen) atoms. The van der Waals surface area contributed by atoms with Crippen LogP contribution in [-0.2, 0) is 57.3 Å². The Morgan fingerprint density at radius 1 is 0.513 bits per heavy atom. The zero-order valence-electron chi connectivity index (χ0n) is 66.4. The maximum Gasteiger partial charge on any atom is 0.484 e. The van der Waals surface area contributed by atoms with Crippen LogP contribution in [0.5, 0.6) is 34.5 Å². The Labute approximate surface area is 692 Å². The minimum Gasteiger partial charge on any atom is -0.493 e. The molecule has 3 aromatic carbocycles. The highest BCUT2D eigenvalue weighted by Gasteiger charge is 2.25. The number of H-pyrrole nitrogens is 1. The van der Waals surface area contributed by atoms with Crippen molar-refractivity contribution in [2.45, 2.75) is 207 Å². The van der Waals surface area contributed by atoms with E-state index in [0.29, 0.717) is 88.7 Å². The van der Waals surface area contributed by atoms with Crippen molar-refractivity contribution in [1.82, 2.24) is 9.55 Å². The number of nitrogens with zero attached hydrogens (tertiary/aromatic N) is 1. The van der Waals surface area contributed by atoms with E-state index in [4.69, 9.17) is 77.0 Å². The van der Waals surface area contributed by atoms with Gasteiger partial charge in [0.15, 0.2) is 0 Å². The van der Waals surface area contributed by atoms with Crippen LogP contribution in [0, 0.1) is 7.14 Å². The summed E-state index contributed by atoms with van der Waals surface area (Å²) in [5.41, 5.74) is 7.74. The molecule has 0 bridgehead atoms. The summed E-state index contributed by atoms with van der Waals surface area (Å²) < 4.78 is 60.4. The molecule has 24 nitrogen and oxygen atoms in total. The molecule has 3 aliphatic carbocycles. The number of carboxylic acids is 1. The molecule has 5 aromatic rings. The summed E-state index contributed by atoms with van der Waals surface area (Å²) in [6.07, 6.45) is 44.3. The standard InChI is InChI=1S/C33H45NO6.C27H33NO6.C19H28I2O4.C5H7BO2.2CO2/c1-6-7-8-13-21-39-30-23-26(25-16-11-12-17-25)29(38-22-14-9-10-19-31(35)37-5)24-27(30)28-18-15-20-34(28)32(36)40-33(2,3)4;29-20-32-15-6-2-8-17-34-26-18-22(21-10-4-5-11-21)25(19-23(26)24-12-9-14-28-24)33-16-7-1-3-13-27(30)31;1-3-4-5-8-11-24-17-13-16(21)18(14-15(17)20)25-12-9-6-7-10-19(22)23-2;7-6(8)5-3-1-2-4-5;2*2-1-3/h11-12,15-16,18,20,23-24H,6-10,13-14,17,19,21-22H2,1-5H3;4-5,9-10,12,14,18-20,28H,1-3,6-8,11,13,15-17H2,(H,30,31);13-14H,3-12H2,1-2H3;1-3,7-8H,4H2;;. The van der Waals surface area contributed by atoms with Gasteiger partial charge in [0, 0.05) is 59.6 Å². The molecule has 0 atom stereocenters. The molecular weight excluding hydrogens is 1680 g/mol. The van der Waals surface area contributed by atoms with Crippen molar-refractivity contribution < 1.29 is 106 Å². The lowest BCUT2D eigenvalue weighted by Gasteiger charge is -2.22. The fourth-order valence-corrected chi connectivity index (χ4v) is 12.5. The van der Waals surface area contributed by atoms with Crippen LogP contribution in [0.3, 0.4) is 0 Å². The third kappa shape index (κ3) is 41.1. The number of benzene rings is 3. The van der Waals surface area contributed by atoms with Crippen LogP contribution in [0.15, 0.2) is 133 Å². The van der Waals surface area contributed by atoms with E-state index < -0.39 is 24.8 Å². The van der Waals surface area contributed by atoms with E-state index in [2.05, 4.69) is 111 Å². The molecule has 8 rings (SSSR count). The number of carbonyl (C=O) groups excluding carboxylic acids is 8. The average molecular weight is 1790 g/mol. The van der Waals surface area contributed by atoms with Gasteiger partial charge in [-0.1, -0.05) is 107 Å². The second kappa shape index (κ2) is 59.7. The van der Waals surface area contributed by atoms with Gasteiger partial charge in [-0.3, -0.25) is 23.7 Å². The van der Waals surface area contributed by atoms with Gasteiger partial charge in [-0.2, -0.15) is 19.2 Å². The minimum atomic E-state index is -1.26. The highest BCUT2D eigenvalue weighted by Crippen LogP contribution is 2.43. The molecule has 4 N–H and O–H groups in total. The number of aliphatic carboxylic acids is 1. The summed E-state index contributed by atoms with van der Waals surface area (Å²) >= 11 is 4.59. The maximum atomic E-state index is 13.1. The van der Waals surface area contributed by atoms with E-state index in [0.717, 1.165) is 185 Å². The number of allylic oxidation sites excluding steroid dienone is 12. The number of aromatic nitrogens is 2. The van der Waals surface area contributed by atoms with E-state index in [9.17, 15) is 24.0 Å². The fourth-order valence-electron chi connectivity index (χ4n) is 11.3. The summed E-state index contributed by atoms with van der Waals surface area (Å²) in [7, 11) is 1.58. The zero-order chi connectivity index (χ0) is 82.9.